The van der Waals surface area contributed by atoms with Crippen molar-refractivity contribution in [3.63, 3.8) is 0 Å². The fraction of sp³-hybridized carbons (Fsp3) is 0.750. The third kappa shape index (κ3) is 3.98. The van der Waals surface area contributed by atoms with Gasteiger partial charge in [0.05, 0.1) is 23.0 Å². The smallest absolute Gasteiger partial charge is 0.0834 e. The molecule has 1 aromatic heterocycles. The van der Waals surface area contributed by atoms with E-state index >= 15 is 0 Å². The molecule has 0 fully saturated rings. The first-order chi connectivity index (χ1) is 8.07. The Morgan fingerprint density at radius 2 is 2.18 bits per heavy atom. The number of rotatable bonds is 7. The van der Waals surface area contributed by atoms with Gasteiger partial charge in [-0.1, -0.05) is 18.5 Å². The molecule has 1 atom stereocenters. The standard InChI is InChI=1S/C12H22ClN3O/c1-4-6-17-7-5-11(14)12-10(13)8-15-16(12)9(2)3/h8-9,11H,4-7,14H2,1-3H3. The molecule has 1 rings (SSSR count). The molecule has 1 unspecified atom stereocenters. The van der Waals surface area contributed by atoms with Gasteiger partial charge >= 0.3 is 0 Å². The monoisotopic (exact) mass is 259 g/mol. The van der Waals surface area contributed by atoms with E-state index in [9.17, 15) is 0 Å². The molecule has 0 saturated heterocycles. The predicted molar refractivity (Wildman–Crippen MR) is 70.3 cm³/mol. The summed E-state index contributed by atoms with van der Waals surface area (Å²) in [6.45, 7) is 7.66. The number of ether oxygens (including phenoxy) is 1. The molecule has 1 aromatic rings. The van der Waals surface area contributed by atoms with Crippen LogP contribution in [0.15, 0.2) is 6.20 Å². The van der Waals surface area contributed by atoms with Crippen LogP contribution < -0.4 is 5.73 Å². The zero-order chi connectivity index (χ0) is 12.8. The van der Waals surface area contributed by atoms with Crippen LogP contribution >= 0.6 is 11.6 Å². The van der Waals surface area contributed by atoms with Gasteiger partial charge in [-0.3, -0.25) is 4.68 Å². The summed E-state index contributed by atoms with van der Waals surface area (Å²) in [6.07, 6.45) is 3.45. The van der Waals surface area contributed by atoms with Crippen molar-refractivity contribution >= 4 is 11.6 Å². The van der Waals surface area contributed by atoms with Gasteiger partial charge in [0.25, 0.3) is 0 Å². The van der Waals surface area contributed by atoms with Gasteiger partial charge < -0.3 is 10.5 Å². The number of halogens is 1. The molecule has 0 aromatic carbocycles. The van der Waals surface area contributed by atoms with Crippen LogP contribution in [-0.2, 0) is 4.74 Å². The Labute approximate surface area is 108 Å². The second kappa shape index (κ2) is 6.99. The second-order valence-corrected chi connectivity index (χ2v) is 4.83. The highest BCUT2D eigenvalue weighted by Gasteiger charge is 2.18. The minimum absolute atomic E-state index is 0.121. The first-order valence-corrected chi connectivity index (χ1v) is 6.52. The average Bonchev–Trinajstić information content (AvgIpc) is 2.66. The molecule has 0 aliphatic heterocycles. The highest BCUT2D eigenvalue weighted by atomic mass is 35.5. The van der Waals surface area contributed by atoms with E-state index in [1.54, 1.807) is 6.20 Å². The Hall–Kier alpha value is -0.580. The van der Waals surface area contributed by atoms with E-state index in [2.05, 4.69) is 25.9 Å². The normalized spacial score (nSPS) is 13.3. The Bertz CT molecular complexity index is 338. The van der Waals surface area contributed by atoms with Crippen molar-refractivity contribution in [2.24, 2.45) is 5.73 Å². The Morgan fingerprint density at radius 1 is 1.47 bits per heavy atom. The molecular formula is C12H22ClN3O. The van der Waals surface area contributed by atoms with Crippen LogP contribution in [0.3, 0.4) is 0 Å². The lowest BCUT2D eigenvalue weighted by molar-refractivity contribution is 0.127. The van der Waals surface area contributed by atoms with Crippen LogP contribution in [-0.4, -0.2) is 23.0 Å². The summed E-state index contributed by atoms with van der Waals surface area (Å²) in [6, 6.07) is 0.143. The Balaban J connectivity index is 2.61. The van der Waals surface area contributed by atoms with E-state index in [1.165, 1.54) is 0 Å². The molecule has 4 nitrogen and oxygen atoms in total. The molecule has 0 saturated carbocycles. The van der Waals surface area contributed by atoms with Crippen molar-refractivity contribution in [3.8, 4) is 0 Å². The van der Waals surface area contributed by atoms with Crippen LogP contribution in [0.4, 0.5) is 0 Å². The van der Waals surface area contributed by atoms with Gasteiger partial charge in [-0.2, -0.15) is 5.10 Å². The van der Waals surface area contributed by atoms with E-state index < -0.39 is 0 Å². The number of aromatic nitrogens is 2. The summed E-state index contributed by atoms with van der Waals surface area (Å²) in [7, 11) is 0. The predicted octanol–water partition coefficient (Wildman–Crippen LogP) is 2.93. The summed E-state index contributed by atoms with van der Waals surface area (Å²) in [4.78, 5) is 0. The Morgan fingerprint density at radius 3 is 2.76 bits per heavy atom. The van der Waals surface area contributed by atoms with Crippen molar-refractivity contribution in [1.82, 2.24) is 9.78 Å². The fourth-order valence-electron chi connectivity index (χ4n) is 1.70. The third-order valence-corrected chi connectivity index (χ3v) is 2.84. The summed E-state index contributed by atoms with van der Waals surface area (Å²) in [5, 5.41) is 4.89. The maximum Gasteiger partial charge on any atom is 0.0834 e. The first kappa shape index (κ1) is 14.5. The van der Waals surface area contributed by atoms with Gasteiger partial charge in [0.2, 0.25) is 0 Å². The topological polar surface area (TPSA) is 53.1 Å². The molecule has 98 valence electrons. The number of nitrogens with two attached hydrogens (primary N) is 1. The van der Waals surface area contributed by atoms with E-state index in [1.807, 2.05) is 4.68 Å². The number of nitrogens with zero attached hydrogens (tertiary/aromatic N) is 2. The highest BCUT2D eigenvalue weighted by molar-refractivity contribution is 6.31. The molecule has 17 heavy (non-hydrogen) atoms. The number of hydrogen-bond donors (Lipinski definition) is 1. The fourth-order valence-corrected chi connectivity index (χ4v) is 1.97. The van der Waals surface area contributed by atoms with Crippen molar-refractivity contribution in [3.05, 3.63) is 16.9 Å². The van der Waals surface area contributed by atoms with Gasteiger partial charge in [-0.25, -0.2) is 0 Å². The lowest BCUT2D eigenvalue weighted by Gasteiger charge is -2.17. The minimum Gasteiger partial charge on any atom is -0.381 e. The molecule has 0 amide bonds. The van der Waals surface area contributed by atoms with Gasteiger partial charge in [0, 0.05) is 19.3 Å². The van der Waals surface area contributed by atoms with E-state index in [0.29, 0.717) is 11.6 Å². The summed E-state index contributed by atoms with van der Waals surface area (Å²) in [5.41, 5.74) is 7.04. The van der Waals surface area contributed by atoms with Crippen LogP contribution in [0.2, 0.25) is 5.02 Å². The van der Waals surface area contributed by atoms with Crippen molar-refractivity contribution in [2.75, 3.05) is 13.2 Å². The average molecular weight is 260 g/mol. The van der Waals surface area contributed by atoms with Gasteiger partial charge in [-0.05, 0) is 26.7 Å². The van der Waals surface area contributed by atoms with Gasteiger partial charge in [-0.15, -0.1) is 0 Å². The van der Waals surface area contributed by atoms with E-state index in [0.717, 1.165) is 25.1 Å². The largest absolute Gasteiger partial charge is 0.381 e. The van der Waals surface area contributed by atoms with Gasteiger partial charge in [0.15, 0.2) is 0 Å². The zero-order valence-corrected chi connectivity index (χ0v) is 11.6. The first-order valence-electron chi connectivity index (χ1n) is 6.14. The van der Waals surface area contributed by atoms with Gasteiger partial charge in [0.1, 0.15) is 0 Å². The summed E-state index contributed by atoms with van der Waals surface area (Å²) >= 11 is 6.12. The van der Waals surface area contributed by atoms with Crippen LogP contribution in [0.5, 0.6) is 0 Å². The van der Waals surface area contributed by atoms with Crippen LogP contribution in [0, 0.1) is 0 Å². The summed E-state index contributed by atoms with van der Waals surface area (Å²) < 4.78 is 7.32. The SMILES string of the molecule is CCCOCCC(N)c1c(Cl)cnn1C(C)C. The van der Waals surface area contributed by atoms with Crippen molar-refractivity contribution < 1.29 is 4.74 Å². The molecule has 0 radical (unpaired) electrons. The molecular weight excluding hydrogens is 238 g/mol. The summed E-state index contributed by atoms with van der Waals surface area (Å²) in [5.74, 6) is 0. The Kier molecular flexibility index (Phi) is 5.95. The lowest BCUT2D eigenvalue weighted by Crippen LogP contribution is -2.19. The molecule has 0 bridgehead atoms. The molecule has 5 heteroatoms. The number of hydrogen-bond acceptors (Lipinski definition) is 3. The van der Waals surface area contributed by atoms with E-state index in [-0.39, 0.29) is 12.1 Å². The molecule has 1 heterocycles. The maximum absolute atomic E-state index is 6.14. The molecule has 0 aliphatic rings. The maximum atomic E-state index is 6.14. The lowest BCUT2D eigenvalue weighted by atomic mass is 10.1. The van der Waals surface area contributed by atoms with Crippen molar-refractivity contribution in [2.45, 2.75) is 45.7 Å². The minimum atomic E-state index is -0.121. The second-order valence-electron chi connectivity index (χ2n) is 4.42. The zero-order valence-electron chi connectivity index (χ0n) is 10.8. The highest BCUT2D eigenvalue weighted by Crippen LogP contribution is 2.25. The third-order valence-electron chi connectivity index (χ3n) is 2.55. The van der Waals surface area contributed by atoms with E-state index in [4.69, 9.17) is 22.1 Å². The van der Waals surface area contributed by atoms with Crippen LogP contribution in [0.1, 0.15) is 51.4 Å². The molecule has 0 spiro atoms. The molecule has 0 aliphatic carbocycles. The molecule has 2 N–H and O–H groups in total. The van der Waals surface area contributed by atoms with Crippen LogP contribution in [0.25, 0.3) is 0 Å². The van der Waals surface area contributed by atoms with Crippen molar-refractivity contribution in [1.29, 1.82) is 0 Å². The quantitative estimate of drug-likeness (QED) is 0.766.